The van der Waals surface area contributed by atoms with Crippen molar-refractivity contribution in [1.82, 2.24) is 9.97 Å². The fourth-order valence-electron chi connectivity index (χ4n) is 10.7. The maximum absolute atomic E-state index is 5.43. The van der Waals surface area contributed by atoms with Crippen LogP contribution in [-0.4, -0.2) is 9.97 Å². The maximum atomic E-state index is 5.43. The molecule has 1 aliphatic carbocycles. The van der Waals surface area contributed by atoms with Crippen molar-refractivity contribution >= 4 is 31.5 Å². The summed E-state index contributed by atoms with van der Waals surface area (Å²) in [7, 11) is 0. The summed E-state index contributed by atoms with van der Waals surface area (Å²) in [6, 6.07) is 92.5. The van der Waals surface area contributed by atoms with E-state index < -0.39 is 5.41 Å². The van der Waals surface area contributed by atoms with Crippen LogP contribution < -0.4 is 0 Å². The highest BCUT2D eigenvalue weighted by Crippen LogP contribution is 2.56. The van der Waals surface area contributed by atoms with Crippen LogP contribution in [0.4, 0.5) is 0 Å². The number of hydrogen-bond donors (Lipinski definition) is 0. The Morgan fingerprint density at radius 2 is 0.794 bits per heavy atom. The smallest absolute Gasteiger partial charge is 0.160 e. The highest BCUT2D eigenvalue weighted by atomic mass is 32.1. The molecule has 0 N–H and O–H groups in total. The van der Waals surface area contributed by atoms with Crippen LogP contribution in [0.15, 0.2) is 255 Å². The standard InChI is InChI=1S/C65H42N2S/c1-5-19-43(20-6-1)52-27-13-14-28-53(52)48-37-47(45-34-36-63-57(40-45)55-30-16-18-32-62(55)68-63)38-49(39-48)61-42-60(66-64(67-61)44-21-7-2-8-22-44)46-33-35-59-56(41-46)54-29-15-17-31-58(54)65(59,50-23-9-3-10-24-50)51-25-11-4-12-26-51/h1-42H. The van der Waals surface area contributed by atoms with Crippen molar-refractivity contribution < 1.29 is 0 Å². The molecule has 0 spiro atoms. The van der Waals surface area contributed by atoms with E-state index in [-0.39, 0.29) is 0 Å². The summed E-state index contributed by atoms with van der Waals surface area (Å²) >= 11 is 1.85. The predicted octanol–water partition coefficient (Wildman–Crippen LogP) is 17.2. The Kier molecular flexibility index (Phi) is 9.62. The maximum Gasteiger partial charge on any atom is 0.160 e. The molecule has 2 heterocycles. The third-order valence-electron chi connectivity index (χ3n) is 13.8. The van der Waals surface area contributed by atoms with Gasteiger partial charge in [0.1, 0.15) is 0 Å². The van der Waals surface area contributed by atoms with Crippen molar-refractivity contribution in [3.63, 3.8) is 0 Å². The van der Waals surface area contributed by atoms with Gasteiger partial charge >= 0.3 is 0 Å². The fourth-order valence-corrected chi connectivity index (χ4v) is 11.8. The van der Waals surface area contributed by atoms with Crippen molar-refractivity contribution in [3.8, 4) is 78.4 Å². The lowest BCUT2D eigenvalue weighted by Gasteiger charge is -2.33. The van der Waals surface area contributed by atoms with Crippen LogP contribution in [0.25, 0.3) is 98.6 Å². The molecule has 318 valence electrons. The molecule has 2 nitrogen and oxygen atoms in total. The van der Waals surface area contributed by atoms with Crippen LogP contribution >= 0.6 is 11.3 Å². The molecule has 1 aliphatic rings. The summed E-state index contributed by atoms with van der Waals surface area (Å²) in [4.78, 5) is 10.8. The van der Waals surface area contributed by atoms with E-state index in [0.717, 1.165) is 44.8 Å². The third-order valence-corrected chi connectivity index (χ3v) is 14.9. The highest BCUT2D eigenvalue weighted by molar-refractivity contribution is 7.25. The summed E-state index contributed by atoms with van der Waals surface area (Å²) in [6.45, 7) is 0. The molecule has 0 bridgehead atoms. The molecule has 68 heavy (non-hydrogen) atoms. The largest absolute Gasteiger partial charge is 0.228 e. The zero-order valence-electron chi connectivity index (χ0n) is 37.1. The van der Waals surface area contributed by atoms with Gasteiger partial charge in [0.05, 0.1) is 16.8 Å². The molecular formula is C65H42N2S. The number of hydrogen-bond acceptors (Lipinski definition) is 3. The van der Waals surface area contributed by atoms with Gasteiger partial charge in [-0.05, 0) is 115 Å². The molecule has 0 fully saturated rings. The van der Waals surface area contributed by atoms with E-state index in [1.165, 1.54) is 70.2 Å². The van der Waals surface area contributed by atoms with E-state index in [2.05, 4.69) is 249 Å². The quantitative estimate of drug-likeness (QED) is 0.152. The molecular weight excluding hydrogens is 841 g/mol. The van der Waals surface area contributed by atoms with Gasteiger partial charge in [0.25, 0.3) is 0 Å². The van der Waals surface area contributed by atoms with Crippen molar-refractivity contribution in [2.24, 2.45) is 0 Å². The Bertz CT molecular complexity index is 3800. The molecule has 2 aromatic heterocycles. The molecule has 0 amide bonds. The number of aromatic nitrogens is 2. The number of rotatable bonds is 8. The van der Waals surface area contributed by atoms with E-state index in [9.17, 15) is 0 Å². The predicted molar refractivity (Wildman–Crippen MR) is 285 cm³/mol. The lowest BCUT2D eigenvalue weighted by Crippen LogP contribution is -2.28. The molecule has 0 atom stereocenters. The van der Waals surface area contributed by atoms with Gasteiger partial charge in [-0.3, -0.25) is 0 Å². The first-order valence-electron chi connectivity index (χ1n) is 23.2. The zero-order chi connectivity index (χ0) is 45.0. The monoisotopic (exact) mass is 882 g/mol. The SMILES string of the molecule is c1ccc(-c2nc(-c3cc(-c4ccc5sc6ccccc6c5c4)cc(-c4ccccc4-c4ccccc4)c3)cc(-c3ccc4c(c3)-c3ccccc3C4(c3ccccc3)c3ccccc3)n2)cc1. The van der Waals surface area contributed by atoms with Gasteiger partial charge in [-0.1, -0.05) is 206 Å². The first-order chi connectivity index (χ1) is 33.7. The van der Waals surface area contributed by atoms with Crippen LogP contribution in [0.5, 0.6) is 0 Å². The Morgan fingerprint density at radius 3 is 1.51 bits per heavy atom. The van der Waals surface area contributed by atoms with E-state index in [0.29, 0.717) is 5.82 Å². The minimum atomic E-state index is -0.482. The fraction of sp³-hybridized carbons (Fsp3) is 0.0154. The molecule has 3 heteroatoms. The van der Waals surface area contributed by atoms with E-state index >= 15 is 0 Å². The molecule has 0 aliphatic heterocycles. The summed E-state index contributed by atoms with van der Waals surface area (Å²) in [6.07, 6.45) is 0. The van der Waals surface area contributed by atoms with E-state index in [1.54, 1.807) is 0 Å². The van der Waals surface area contributed by atoms with E-state index in [1.807, 2.05) is 17.4 Å². The summed E-state index contributed by atoms with van der Waals surface area (Å²) < 4.78 is 2.59. The third kappa shape index (κ3) is 6.62. The molecule has 12 aromatic rings. The average Bonchev–Trinajstić information content (AvgIpc) is 3.95. The van der Waals surface area contributed by atoms with Gasteiger partial charge in [-0.2, -0.15) is 0 Å². The minimum absolute atomic E-state index is 0.482. The normalized spacial score (nSPS) is 12.5. The van der Waals surface area contributed by atoms with E-state index in [4.69, 9.17) is 9.97 Å². The zero-order valence-corrected chi connectivity index (χ0v) is 37.9. The molecule has 0 radical (unpaired) electrons. The van der Waals surface area contributed by atoms with Crippen LogP contribution in [0.1, 0.15) is 22.3 Å². The van der Waals surface area contributed by atoms with Gasteiger partial charge in [0, 0.05) is 36.9 Å². The first-order valence-corrected chi connectivity index (χ1v) is 24.0. The van der Waals surface area contributed by atoms with Crippen molar-refractivity contribution in [2.45, 2.75) is 5.41 Å². The van der Waals surface area contributed by atoms with Crippen molar-refractivity contribution in [1.29, 1.82) is 0 Å². The highest BCUT2D eigenvalue weighted by Gasteiger charge is 2.46. The number of fused-ring (bicyclic) bond motifs is 6. The number of thiophene rings is 1. The Balaban J connectivity index is 1.03. The topological polar surface area (TPSA) is 25.8 Å². The Hall–Kier alpha value is -8.50. The number of nitrogens with zero attached hydrogens (tertiary/aromatic N) is 2. The van der Waals surface area contributed by atoms with Crippen molar-refractivity contribution in [2.75, 3.05) is 0 Å². The van der Waals surface area contributed by atoms with Crippen LogP contribution in [-0.2, 0) is 5.41 Å². The second kappa shape index (κ2) is 16.4. The molecule has 0 saturated carbocycles. The average molecular weight is 883 g/mol. The Morgan fingerprint density at radius 1 is 0.279 bits per heavy atom. The van der Waals surface area contributed by atoms with Gasteiger partial charge < -0.3 is 0 Å². The molecule has 10 aromatic carbocycles. The van der Waals surface area contributed by atoms with Crippen LogP contribution in [0, 0.1) is 0 Å². The van der Waals surface area contributed by atoms with Gasteiger partial charge in [0.2, 0.25) is 0 Å². The molecule has 13 rings (SSSR count). The summed E-state index contributed by atoms with van der Waals surface area (Å²) in [5, 5.41) is 2.56. The first kappa shape index (κ1) is 39.8. The van der Waals surface area contributed by atoms with Crippen LogP contribution in [0.3, 0.4) is 0 Å². The lowest BCUT2D eigenvalue weighted by atomic mass is 9.67. The van der Waals surface area contributed by atoms with Gasteiger partial charge in [-0.15, -0.1) is 11.3 Å². The van der Waals surface area contributed by atoms with Gasteiger partial charge in [0.15, 0.2) is 5.82 Å². The minimum Gasteiger partial charge on any atom is -0.228 e. The van der Waals surface area contributed by atoms with Crippen LogP contribution in [0.2, 0.25) is 0 Å². The number of benzene rings is 10. The summed E-state index contributed by atoms with van der Waals surface area (Å²) in [5.74, 6) is 0.685. The lowest BCUT2D eigenvalue weighted by molar-refractivity contribution is 0.768. The second-order valence-electron chi connectivity index (χ2n) is 17.6. The second-order valence-corrected chi connectivity index (χ2v) is 18.7. The molecule has 0 saturated heterocycles. The Labute approximate surface area is 400 Å². The molecule has 0 unspecified atom stereocenters. The summed E-state index contributed by atoms with van der Waals surface area (Å²) in [5.41, 5.74) is 18.7. The van der Waals surface area contributed by atoms with Gasteiger partial charge in [-0.25, -0.2) is 9.97 Å². The van der Waals surface area contributed by atoms with Crippen molar-refractivity contribution in [3.05, 3.63) is 277 Å².